The number of nitrogens with zero attached hydrogens (tertiary/aromatic N) is 2. The van der Waals surface area contributed by atoms with Gasteiger partial charge >= 0.3 is 0 Å². The molecule has 0 saturated carbocycles. The fraction of sp³-hybridized carbons (Fsp3) is 0.632. The Morgan fingerprint density at radius 3 is 2.88 bits per heavy atom. The highest BCUT2D eigenvalue weighted by Crippen LogP contribution is 2.28. The second-order valence-corrected chi connectivity index (χ2v) is 7.19. The molecular formula is C19H31BrN4O2. The molecule has 1 atom stereocenters. The van der Waals surface area contributed by atoms with E-state index in [0.717, 1.165) is 55.9 Å². The Morgan fingerprint density at radius 1 is 1.27 bits per heavy atom. The number of methoxy groups -OCH3 is 1. The number of benzene rings is 1. The summed E-state index contributed by atoms with van der Waals surface area (Å²) in [6, 6.07) is 8.79. The van der Waals surface area contributed by atoms with Crippen molar-refractivity contribution in [3.05, 3.63) is 28.7 Å². The van der Waals surface area contributed by atoms with Crippen LogP contribution in [-0.2, 0) is 9.47 Å². The monoisotopic (exact) mass is 426 g/mol. The number of anilines is 1. The molecule has 1 aromatic carbocycles. The number of aliphatic imine (C=N–C) groups is 1. The molecule has 1 heterocycles. The highest BCUT2D eigenvalue weighted by molar-refractivity contribution is 9.10. The molecule has 6 nitrogen and oxygen atoms in total. The van der Waals surface area contributed by atoms with E-state index in [4.69, 9.17) is 9.47 Å². The molecule has 26 heavy (non-hydrogen) atoms. The summed E-state index contributed by atoms with van der Waals surface area (Å²) in [5.41, 5.74) is 1.26. The van der Waals surface area contributed by atoms with Gasteiger partial charge in [0.1, 0.15) is 0 Å². The molecule has 2 N–H and O–H groups in total. The van der Waals surface area contributed by atoms with E-state index < -0.39 is 0 Å². The highest BCUT2D eigenvalue weighted by atomic mass is 79.9. The average Bonchev–Trinajstić information content (AvgIpc) is 3.11. The molecule has 2 rings (SSSR count). The summed E-state index contributed by atoms with van der Waals surface area (Å²) in [6.45, 7) is 5.04. The third kappa shape index (κ3) is 7.13. The van der Waals surface area contributed by atoms with E-state index in [9.17, 15) is 0 Å². The Kier molecular flexibility index (Phi) is 9.81. The minimum absolute atomic E-state index is 0.408. The number of rotatable bonds is 10. The van der Waals surface area contributed by atoms with Crippen LogP contribution in [0.1, 0.15) is 19.3 Å². The van der Waals surface area contributed by atoms with Gasteiger partial charge in [-0.15, -0.1) is 0 Å². The fourth-order valence-corrected chi connectivity index (χ4v) is 3.51. The first-order valence-corrected chi connectivity index (χ1v) is 10.1. The van der Waals surface area contributed by atoms with Crippen LogP contribution in [-0.4, -0.2) is 65.6 Å². The van der Waals surface area contributed by atoms with Crippen molar-refractivity contribution in [2.24, 2.45) is 4.99 Å². The maximum Gasteiger partial charge on any atom is 0.191 e. The number of halogens is 1. The SMILES string of the molecule is CN=C(NCCCCOCCOC)NC1CCN(c2ccccc2Br)C1. The summed E-state index contributed by atoms with van der Waals surface area (Å²) in [7, 11) is 3.51. The number of unbranched alkanes of at least 4 members (excludes halogenated alkanes) is 1. The van der Waals surface area contributed by atoms with Crippen LogP contribution in [0.15, 0.2) is 33.7 Å². The van der Waals surface area contributed by atoms with Crippen molar-refractivity contribution >= 4 is 27.6 Å². The lowest BCUT2D eigenvalue weighted by Crippen LogP contribution is -2.44. The number of hydrogen-bond donors (Lipinski definition) is 2. The van der Waals surface area contributed by atoms with Gasteiger partial charge in [-0.3, -0.25) is 4.99 Å². The number of para-hydroxylation sites is 1. The maximum atomic E-state index is 5.47. The summed E-state index contributed by atoms with van der Waals surface area (Å²) in [5.74, 6) is 0.879. The molecule has 1 fully saturated rings. The summed E-state index contributed by atoms with van der Waals surface area (Å²) < 4.78 is 11.6. The summed E-state index contributed by atoms with van der Waals surface area (Å²) in [5, 5.41) is 6.93. The fourth-order valence-electron chi connectivity index (χ4n) is 2.97. The molecule has 1 aliphatic rings. The summed E-state index contributed by atoms with van der Waals surface area (Å²) in [6.07, 6.45) is 3.20. The van der Waals surface area contributed by atoms with Crippen molar-refractivity contribution < 1.29 is 9.47 Å². The van der Waals surface area contributed by atoms with Crippen molar-refractivity contribution in [3.63, 3.8) is 0 Å². The van der Waals surface area contributed by atoms with Crippen molar-refractivity contribution in [1.82, 2.24) is 10.6 Å². The normalized spacial score (nSPS) is 17.6. The van der Waals surface area contributed by atoms with Gasteiger partial charge in [0.15, 0.2) is 5.96 Å². The van der Waals surface area contributed by atoms with E-state index in [1.807, 2.05) is 13.1 Å². The van der Waals surface area contributed by atoms with Gasteiger partial charge in [-0.05, 0) is 47.3 Å². The van der Waals surface area contributed by atoms with Gasteiger partial charge in [0.05, 0.1) is 18.9 Å². The predicted octanol–water partition coefficient (Wildman–Crippen LogP) is 2.64. The van der Waals surface area contributed by atoms with Gasteiger partial charge in [0.2, 0.25) is 0 Å². The van der Waals surface area contributed by atoms with Gasteiger partial charge in [0, 0.05) is 50.9 Å². The van der Waals surface area contributed by atoms with E-state index in [1.165, 1.54) is 5.69 Å². The Bertz CT molecular complexity index is 556. The molecule has 1 aromatic rings. The lowest BCUT2D eigenvalue weighted by atomic mass is 10.2. The zero-order valence-electron chi connectivity index (χ0n) is 15.8. The minimum atomic E-state index is 0.408. The smallest absolute Gasteiger partial charge is 0.191 e. The van der Waals surface area contributed by atoms with Gasteiger partial charge in [0.25, 0.3) is 0 Å². The molecule has 0 amide bonds. The van der Waals surface area contributed by atoms with Gasteiger partial charge < -0.3 is 25.0 Å². The molecule has 1 aliphatic heterocycles. The van der Waals surface area contributed by atoms with Crippen LogP contribution < -0.4 is 15.5 Å². The standard InChI is InChI=1S/C19H31BrN4O2/c1-21-19(22-10-5-6-12-26-14-13-25-2)23-16-9-11-24(15-16)18-8-4-3-7-17(18)20/h3-4,7-8,16H,5-6,9-15H2,1-2H3,(H2,21,22,23). The number of hydrogen-bond acceptors (Lipinski definition) is 4. The Morgan fingerprint density at radius 2 is 2.12 bits per heavy atom. The first-order valence-electron chi connectivity index (χ1n) is 9.28. The minimum Gasteiger partial charge on any atom is -0.382 e. The molecule has 0 aromatic heterocycles. The maximum absolute atomic E-state index is 5.47. The van der Waals surface area contributed by atoms with Crippen LogP contribution >= 0.6 is 15.9 Å². The number of nitrogens with one attached hydrogen (secondary N) is 2. The second-order valence-electron chi connectivity index (χ2n) is 6.34. The van der Waals surface area contributed by atoms with Crippen LogP contribution in [0.5, 0.6) is 0 Å². The molecule has 1 unspecified atom stereocenters. The van der Waals surface area contributed by atoms with E-state index in [-0.39, 0.29) is 0 Å². The van der Waals surface area contributed by atoms with Crippen LogP contribution in [0.2, 0.25) is 0 Å². The molecular weight excluding hydrogens is 396 g/mol. The molecule has 146 valence electrons. The lowest BCUT2D eigenvalue weighted by molar-refractivity contribution is 0.0689. The topological polar surface area (TPSA) is 58.1 Å². The highest BCUT2D eigenvalue weighted by Gasteiger charge is 2.24. The van der Waals surface area contributed by atoms with Crippen LogP contribution in [0.3, 0.4) is 0 Å². The lowest BCUT2D eigenvalue weighted by Gasteiger charge is -2.21. The molecule has 1 saturated heterocycles. The first kappa shape index (κ1) is 21.0. The van der Waals surface area contributed by atoms with Crippen LogP contribution in [0.25, 0.3) is 0 Å². The average molecular weight is 427 g/mol. The quantitative estimate of drug-likeness (QED) is 0.342. The third-order valence-corrected chi connectivity index (χ3v) is 5.06. The molecule has 0 spiro atoms. The third-order valence-electron chi connectivity index (χ3n) is 4.39. The van der Waals surface area contributed by atoms with E-state index in [1.54, 1.807) is 7.11 Å². The zero-order chi connectivity index (χ0) is 18.6. The van der Waals surface area contributed by atoms with Crippen molar-refractivity contribution in [2.45, 2.75) is 25.3 Å². The van der Waals surface area contributed by atoms with Gasteiger partial charge in [-0.2, -0.15) is 0 Å². The van der Waals surface area contributed by atoms with Crippen LogP contribution in [0.4, 0.5) is 5.69 Å². The number of guanidine groups is 1. The second kappa shape index (κ2) is 12.1. The van der Waals surface area contributed by atoms with Crippen molar-refractivity contribution in [2.75, 3.05) is 58.5 Å². The van der Waals surface area contributed by atoms with E-state index >= 15 is 0 Å². The molecule has 0 bridgehead atoms. The number of ether oxygens (including phenoxy) is 2. The Balaban J connectivity index is 1.63. The molecule has 0 aliphatic carbocycles. The summed E-state index contributed by atoms with van der Waals surface area (Å²) in [4.78, 5) is 6.75. The van der Waals surface area contributed by atoms with E-state index in [2.05, 4.69) is 54.7 Å². The largest absolute Gasteiger partial charge is 0.382 e. The molecule has 0 radical (unpaired) electrons. The Hall–Kier alpha value is -1.31. The Labute approximate surface area is 165 Å². The van der Waals surface area contributed by atoms with Gasteiger partial charge in [-0.25, -0.2) is 0 Å². The van der Waals surface area contributed by atoms with Gasteiger partial charge in [-0.1, -0.05) is 12.1 Å². The van der Waals surface area contributed by atoms with E-state index in [0.29, 0.717) is 19.3 Å². The predicted molar refractivity (Wildman–Crippen MR) is 111 cm³/mol. The van der Waals surface area contributed by atoms with Crippen LogP contribution in [0, 0.1) is 0 Å². The van der Waals surface area contributed by atoms with Crippen molar-refractivity contribution in [3.8, 4) is 0 Å². The first-order chi connectivity index (χ1) is 12.7. The van der Waals surface area contributed by atoms with Crippen molar-refractivity contribution in [1.29, 1.82) is 0 Å². The zero-order valence-corrected chi connectivity index (χ0v) is 17.4. The summed E-state index contributed by atoms with van der Waals surface area (Å²) >= 11 is 3.64. The molecule has 7 heteroatoms.